The molecule has 0 amide bonds. The van der Waals surface area contributed by atoms with Crippen LogP contribution in [0.15, 0.2) is 0 Å². The first-order valence-electron chi connectivity index (χ1n) is 6.21. The van der Waals surface area contributed by atoms with Crippen molar-refractivity contribution in [2.24, 2.45) is 0 Å². The van der Waals surface area contributed by atoms with Crippen LogP contribution in [0.5, 0.6) is 0 Å². The minimum Gasteiger partial charge on any atom is -0.466 e. The number of hydrogen-bond acceptors (Lipinski definition) is 3. The second kappa shape index (κ2) is 7.69. The fraction of sp³-hybridized carbons (Fsp3) is 0.917. The number of hydrogen-bond donors (Lipinski definition) is 0. The van der Waals surface area contributed by atoms with Crippen LogP contribution < -0.4 is 0 Å². The van der Waals surface area contributed by atoms with Crippen molar-refractivity contribution in [2.75, 3.05) is 26.2 Å². The standard InChI is InChI=1S/C12H23NO2/c1-2-15-12(14)8-4-3-5-9-13-10-6-7-11-13/h2-11H2,1H3. The van der Waals surface area contributed by atoms with Crippen molar-refractivity contribution in [1.29, 1.82) is 0 Å². The molecule has 0 aliphatic carbocycles. The first-order valence-corrected chi connectivity index (χ1v) is 6.21. The lowest BCUT2D eigenvalue weighted by Gasteiger charge is -2.13. The Kier molecular flexibility index (Phi) is 6.41. The van der Waals surface area contributed by atoms with Gasteiger partial charge < -0.3 is 9.64 Å². The summed E-state index contributed by atoms with van der Waals surface area (Å²) in [5.74, 6) is -0.0429. The molecular weight excluding hydrogens is 190 g/mol. The zero-order chi connectivity index (χ0) is 10.9. The topological polar surface area (TPSA) is 29.5 Å². The van der Waals surface area contributed by atoms with Crippen molar-refractivity contribution in [1.82, 2.24) is 4.90 Å². The predicted octanol–water partition coefficient (Wildman–Crippen LogP) is 2.21. The molecule has 0 spiro atoms. The first-order chi connectivity index (χ1) is 7.33. The van der Waals surface area contributed by atoms with Crippen molar-refractivity contribution >= 4 is 5.97 Å². The molecule has 0 aromatic rings. The van der Waals surface area contributed by atoms with E-state index in [2.05, 4.69) is 4.90 Å². The van der Waals surface area contributed by atoms with Gasteiger partial charge in [0.15, 0.2) is 0 Å². The molecule has 1 rings (SSSR count). The molecule has 1 aliphatic rings. The molecule has 0 unspecified atom stereocenters. The van der Waals surface area contributed by atoms with Crippen molar-refractivity contribution in [3.63, 3.8) is 0 Å². The third-order valence-corrected chi connectivity index (χ3v) is 2.86. The van der Waals surface area contributed by atoms with Gasteiger partial charge in [0, 0.05) is 6.42 Å². The molecular formula is C12H23NO2. The number of ether oxygens (including phenoxy) is 1. The highest BCUT2D eigenvalue weighted by atomic mass is 16.5. The van der Waals surface area contributed by atoms with Gasteiger partial charge in [0.1, 0.15) is 0 Å². The second-order valence-electron chi connectivity index (χ2n) is 4.16. The van der Waals surface area contributed by atoms with Gasteiger partial charge in [0.2, 0.25) is 0 Å². The Morgan fingerprint density at radius 2 is 1.93 bits per heavy atom. The van der Waals surface area contributed by atoms with Gasteiger partial charge in [-0.25, -0.2) is 0 Å². The number of rotatable bonds is 7. The molecule has 0 aromatic carbocycles. The molecule has 3 nitrogen and oxygen atoms in total. The average molecular weight is 213 g/mol. The highest BCUT2D eigenvalue weighted by Gasteiger charge is 2.10. The molecule has 1 heterocycles. The van der Waals surface area contributed by atoms with Gasteiger partial charge in [-0.3, -0.25) is 4.79 Å². The molecule has 0 saturated carbocycles. The average Bonchev–Trinajstić information content (AvgIpc) is 2.70. The zero-order valence-corrected chi connectivity index (χ0v) is 9.83. The van der Waals surface area contributed by atoms with E-state index in [9.17, 15) is 4.79 Å². The minimum absolute atomic E-state index is 0.0429. The minimum atomic E-state index is -0.0429. The smallest absolute Gasteiger partial charge is 0.305 e. The van der Waals surface area contributed by atoms with E-state index in [4.69, 9.17) is 4.74 Å². The van der Waals surface area contributed by atoms with Crippen LogP contribution >= 0.6 is 0 Å². The van der Waals surface area contributed by atoms with Crippen LogP contribution in [-0.4, -0.2) is 37.1 Å². The van der Waals surface area contributed by atoms with Crippen LogP contribution in [0.25, 0.3) is 0 Å². The molecule has 0 N–H and O–H groups in total. The zero-order valence-electron chi connectivity index (χ0n) is 9.83. The van der Waals surface area contributed by atoms with E-state index in [0.717, 1.165) is 12.8 Å². The van der Waals surface area contributed by atoms with Gasteiger partial charge in [-0.05, 0) is 52.2 Å². The Labute approximate surface area is 92.8 Å². The number of likely N-dealkylation sites (tertiary alicyclic amines) is 1. The molecule has 0 bridgehead atoms. The molecule has 0 aromatic heterocycles. The third-order valence-electron chi connectivity index (χ3n) is 2.86. The van der Waals surface area contributed by atoms with E-state index in [1.807, 2.05) is 6.92 Å². The lowest BCUT2D eigenvalue weighted by atomic mass is 10.2. The number of carbonyl (C=O) groups excluding carboxylic acids is 1. The van der Waals surface area contributed by atoms with E-state index in [0.29, 0.717) is 13.0 Å². The van der Waals surface area contributed by atoms with E-state index >= 15 is 0 Å². The van der Waals surface area contributed by atoms with Crippen LogP contribution in [0.2, 0.25) is 0 Å². The lowest BCUT2D eigenvalue weighted by Crippen LogP contribution is -2.20. The summed E-state index contributed by atoms with van der Waals surface area (Å²) in [5.41, 5.74) is 0. The van der Waals surface area contributed by atoms with Crippen LogP contribution in [0.1, 0.15) is 45.4 Å². The summed E-state index contributed by atoms with van der Waals surface area (Å²) in [5, 5.41) is 0. The second-order valence-corrected chi connectivity index (χ2v) is 4.16. The largest absolute Gasteiger partial charge is 0.466 e. The summed E-state index contributed by atoms with van der Waals surface area (Å²) in [6, 6.07) is 0. The van der Waals surface area contributed by atoms with E-state index < -0.39 is 0 Å². The Bertz CT molecular complexity index is 176. The van der Waals surface area contributed by atoms with Crippen molar-refractivity contribution < 1.29 is 9.53 Å². The molecule has 3 heteroatoms. The summed E-state index contributed by atoms with van der Waals surface area (Å²) >= 11 is 0. The predicted molar refractivity (Wildman–Crippen MR) is 60.8 cm³/mol. The van der Waals surface area contributed by atoms with Gasteiger partial charge in [0.25, 0.3) is 0 Å². The van der Waals surface area contributed by atoms with Crippen molar-refractivity contribution in [2.45, 2.75) is 45.4 Å². The number of esters is 1. The number of unbranched alkanes of at least 4 members (excludes halogenated alkanes) is 2. The Balaban J connectivity index is 1.86. The van der Waals surface area contributed by atoms with E-state index in [-0.39, 0.29) is 5.97 Å². The van der Waals surface area contributed by atoms with Gasteiger partial charge in [-0.2, -0.15) is 0 Å². The van der Waals surface area contributed by atoms with Crippen LogP contribution in [0, 0.1) is 0 Å². The Hall–Kier alpha value is -0.570. The van der Waals surface area contributed by atoms with Gasteiger partial charge in [-0.15, -0.1) is 0 Å². The molecule has 0 atom stereocenters. The van der Waals surface area contributed by atoms with E-state index in [1.165, 1.54) is 38.9 Å². The number of carbonyl (C=O) groups is 1. The summed E-state index contributed by atoms with van der Waals surface area (Å²) in [6.45, 7) is 6.12. The maximum Gasteiger partial charge on any atom is 0.305 e. The lowest BCUT2D eigenvalue weighted by molar-refractivity contribution is -0.143. The quantitative estimate of drug-likeness (QED) is 0.479. The van der Waals surface area contributed by atoms with Crippen molar-refractivity contribution in [3.8, 4) is 0 Å². The summed E-state index contributed by atoms with van der Waals surface area (Å²) in [7, 11) is 0. The Morgan fingerprint density at radius 3 is 2.60 bits per heavy atom. The SMILES string of the molecule is CCOC(=O)CCCCCN1CCCC1. The van der Waals surface area contributed by atoms with Crippen molar-refractivity contribution in [3.05, 3.63) is 0 Å². The monoisotopic (exact) mass is 213 g/mol. The molecule has 1 fully saturated rings. The summed E-state index contributed by atoms with van der Waals surface area (Å²) in [6.07, 6.45) is 6.67. The van der Waals surface area contributed by atoms with E-state index in [1.54, 1.807) is 0 Å². The van der Waals surface area contributed by atoms with Gasteiger partial charge in [0.05, 0.1) is 6.61 Å². The molecule has 0 radical (unpaired) electrons. The normalized spacial score (nSPS) is 16.9. The van der Waals surface area contributed by atoms with Crippen LogP contribution in [0.4, 0.5) is 0 Å². The van der Waals surface area contributed by atoms with Gasteiger partial charge >= 0.3 is 5.97 Å². The highest BCUT2D eigenvalue weighted by molar-refractivity contribution is 5.69. The van der Waals surface area contributed by atoms with Crippen LogP contribution in [0.3, 0.4) is 0 Å². The summed E-state index contributed by atoms with van der Waals surface area (Å²) in [4.78, 5) is 13.5. The van der Waals surface area contributed by atoms with Crippen LogP contribution in [-0.2, 0) is 9.53 Å². The maximum atomic E-state index is 11.0. The molecule has 15 heavy (non-hydrogen) atoms. The first kappa shape index (κ1) is 12.5. The Morgan fingerprint density at radius 1 is 1.20 bits per heavy atom. The molecule has 1 aliphatic heterocycles. The fourth-order valence-corrected chi connectivity index (χ4v) is 2.02. The number of nitrogens with zero attached hydrogens (tertiary/aromatic N) is 1. The molecule has 88 valence electrons. The highest BCUT2D eigenvalue weighted by Crippen LogP contribution is 2.09. The third kappa shape index (κ3) is 5.78. The maximum absolute atomic E-state index is 11.0. The fourth-order valence-electron chi connectivity index (χ4n) is 2.02. The molecule has 1 saturated heterocycles. The van der Waals surface area contributed by atoms with Gasteiger partial charge in [-0.1, -0.05) is 6.42 Å². The summed E-state index contributed by atoms with van der Waals surface area (Å²) < 4.78 is 4.87.